The van der Waals surface area contributed by atoms with Crippen molar-refractivity contribution in [3.63, 3.8) is 0 Å². The van der Waals surface area contributed by atoms with Crippen molar-refractivity contribution in [2.75, 3.05) is 52.3 Å². The van der Waals surface area contributed by atoms with Gasteiger partial charge in [0.25, 0.3) is 0 Å². The number of carboxylic acids is 1. The minimum Gasteiger partial charge on any atom is -0.497 e. The molecule has 3 aromatic heterocycles. The van der Waals surface area contributed by atoms with E-state index in [4.69, 9.17) is 4.74 Å². The summed E-state index contributed by atoms with van der Waals surface area (Å²) in [4.78, 5) is 162. The Hall–Kier alpha value is -9.81. The summed E-state index contributed by atoms with van der Waals surface area (Å²) in [7, 11) is 5.32. The Morgan fingerprint density at radius 3 is 1.81 bits per heavy atom. The van der Waals surface area contributed by atoms with Crippen molar-refractivity contribution in [2.24, 2.45) is 0 Å². The molecule has 8 atom stereocenters. The van der Waals surface area contributed by atoms with E-state index in [2.05, 4.69) is 68.5 Å². The molecule has 26 nitrogen and oxygen atoms in total. The number of rotatable bonds is 16. The predicted molar refractivity (Wildman–Crippen MR) is 383 cm³/mol. The van der Waals surface area contributed by atoms with E-state index in [9.17, 15) is 38.3 Å². The first-order valence-electron chi connectivity index (χ1n) is 33.9. The lowest BCUT2D eigenvalue weighted by Crippen LogP contribution is -2.62. The average molecular weight is 1440 g/mol. The van der Waals surface area contributed by atoms with Crippen LogP contribution in [0, 0.1) is 11.6 Å². The third kappa shape index (κ3) is 21.1. The molecule has 2 aliphatic rings. The molecular weight excluding hydrogens is 1360 g/mol. The third-order valence-electron chi connectivity index (χ3n) is 18.1. The Balaban J connectivity index is 1.05. The number of H-pyrrole nitrogens is 3. The predicted octanol–water partition coefficient (Wildman–Crippen LogP) is 4.62. The number of amides is 9. The molecule has 0 saturated carbocycles. The molecule has 9 amide bonds. The fourth-order valence-electron chi connectivity index (χ4n) is 12.5. The van der Waals surface area contributed by atoms with Crippen LogP contribution in [0.1, 0.15) is 92.3 Å². The highest BCUT2D eigenvalue weighted by Crippen LogP contribution is 2.31. The number of aliphatic carboxylic acids is 1. The second kappa shape index (κ2) is 36.2. The standard InChI is InChI=1S/C72H88F2N14O12S2/c1-42-64(92)82-57(30-46-36-77-54-19-15-48(73)32-52(46)54)66(94)83-58(31-47-37-78-55-20-16-49(74)33-53(47)55)67(95)85-60(35-63(90)91)69(97)84-59(34-50-38-75-41-79-50)68(96)86-61(29-43-13-17-51(100-5)18-14-43)70(98)88-25-9-22-72(88,2)71(99)76-23-27-102-40-45-11-8-10-44(28-45)39-101-26-21-62(89)81-56(65(93)80-42)12-6-7-24-87(3)4/h8,10-11,13-20,28,32-33,36-38,41-42,56-61,77-78H,6-7,9,12,21-27,29-31,34-35,39-40H2,1-5H3,(H,75,79)(H,76,99)(H,80,93)(H,81,89)(H,82,92)(H,83,94)(H,84,97)(H,85,95)(H,86,96)(H,90,91)/t42-,56+,57+,58+,59+,60+,61+,72+/m1/s1. The summed E-state index contributed by atoms with van der Waals surface area (Å²) < 4.78 is 35.4. The van der Waals surface area contributed by atoms with Gasteiger partial charge in [0.1, 0.15) is 65.2 Å². The van der Waals surface area contributed by atoms with Gasteiger partial charge in [0.2, 0.25) is 53.2 Å². The van der Waals surface area contributed by atoms with Crippen LogP contribution >= 0.6 is 23.5 Å². The maximum absolute atomic E-state index is 15.2. The highest BCUT2D eigenvalue weighted by atomic mass is 32.2. The molecule has 7 aromatic rings. The van der Waals surface area contributed by atoms with Crippen LogP contribution in [-0.2, 0) is 85.1 Å². The number of carbonyl (C=O) groups excluding carboxylic acids is 9. The van der Waals surface area contributed by atoms with Crippen molar-refractivity contribution in [2.45, 2.75) is 144 Å². The second-order valence-corrected chi connectivity index (χ2v) is 28.3. The van der Waals surface area contributed by atoms with E-state index < -0.39 is 131 Å². The number of imidazole rings is 1. The monoisotopic (exact) mass is 1440 g/mol. The molecule has 5 heterocycles. The van der Waals surface area contributed by atoms with Gasteiger partial charge in [-0.25, -0.2) is 13.8 Å². The van der Waals surface area contributed by atoms with Gasteiger partial charge in [-0.2, -0.15) is 23.5 Å². The number of nitrogens with one attached hydrogen (secondary N) is 11. The lowest BCUT2D eigenvalue weighted by molar-refractivity contribution is -0.146. The number of carbonyl (C=O) groups is 10. The maximum Gasteiger partial charge on any atom is 0.305 e. The Morgan fingerprint density at radius 2 is 1.23 bits per heavy atom. The summed E-state index contributed by atoms with van der Waals surface area (Å²) in [6, 6.07) is 11.8. The van der Waals surface area contributed by atoms with E-state index in [1.165, 1.54) is 92.0 Å². The van der Waals surface area contributed by atoms with Crippen LogP contribution in [0.4, 0.5) is 8.78 Å². The number of aromatic nitrogens is 4. The lowest BCUT2D eigenvalue weighted by Gasteiger charge is -2.36. The molecule has 102 heavy (non-hydrogen) atoms. The fourth-order valence-corrected chi connectivity index (χ4v) is 14.2. The van der Waals surface area contributed by atoms with Crippen LogP contribution < -0.4 is 47.3 Å². The van der Waals surface area contributed by atoms with Crippen molar-refractivity contribution in [1.82, 2.24) is 72.3 Å². The molecule has 12 N–H and O–H groups in total. The number of fused-ring (bicyclic) bond motifs is 5. The van der Waals surface area contributed by atoms with Crippen molar-refractivity contribution in [1.29, 1.82) is 0 Å². The van der Waals surface area contributed by atoms with Gasteiger partial charge in [0.15, 0.2) is 0 Å². The Kier molecular flexibility index (Phi) is 27.1. The van der Waals surface area contributed by atoms with Gasteiger partial charge in [0.05, 0.1) is 19.9 Å². The number of nitrogens with zero attached hydrogens (tertiary/aromatic N) is 3. The smallest absolute Gasteiger partial charge is 0.305 e. The normalized spacial score (nSPS) is 22.7. The zero-order valence-electron chi connectivity index (χ0n) is 57.5. The van der Waals surface area contributed by atoms with Crippen molar-refractivity contribution in [3.8, 4) is 5.75 Å². The highest BCUT2D eigenvalue weighted by molar-refractivity contribution is 7.98. The summed E-state index contributed by atoms with van der Waals surface area (Å²) in [5.41, 5.74) is 3.13. The molecule has 4 aromatic carbocycles. The lowest BCUT2D eigenvalue weighted by atomic mass is 9.95. The van der Waals surface area contributed by atoms with E-state index in [0.717, 1.165) is 11.1 Å². The first-order chi connectivity index (χ1) is 48.9. The summed E-state index contributed by atoms with van der Waals surface area (Å²) in [6.07, 6.45) is 5.63. The summed E-state index contributed by atoms with van der Waals surface area (Å²) in [6.45, 7) is 4.18. The van der Waals surface area contributed by atoms with Crippen LogP contribution in [0.15, 0.2) is 110 Å². The number of hydrogen-bond donors (Lipinski definition) is 12. The van der Waals surface area contributed by atoms with E-state index in [0.29, 0.717) is 94.2 Å². The summed E-state index contributed by atoms with van der Waals surface area (Å²) >= 11 is 3.14. The first kappa shape index (κ1) is 76.4. The molecule has 0 unspecified atom stereocenters. The van der Waals surface area contributed by atoms with Gasteiger partial charge in [-0.15, -0.1) is 0 Å². The number of carboxylic acid groups (broad SMARTS) is 1. The average Bonchev–Trinajstić information content (AvgIpc) is 1.71. The number of benzene rings is 4. The SMILES string of the molecule is COc1ccc(C[C@@H]2NC(=O)[C@H](Cc3cnc[nH]3)NC(=O)[C@H](CC(=O)O)NC(=O)[C@H](Cc3c[nH]c4ccc(F)cc34)NC(=O)[C@H](Cc3c[nH]c4ccc(F)cc34)NC(=O)[C@@H](C)NC(=O)[C@H](CCCCN(C)C)NC(=O)CCSCc3cccc(c3)CSCCNC(=O)[C@]3(C)CCCN3C2=O)cc1. The molecule has 1 fully saturated rings. The number of thioether (sulfide) groups is 2. The number of ether oxygens (including phenoxy) is 1. The fraction of sp³-hybridized carbons (Fsp3) is 0.431. The van der Waals surface area contributed by atoms with Gasteiger partial charge < -0.3 is 77.1 Å². The third-order valence-corrected chi connectivity index (χ3v) is 20.2. The van der Waals surface area contributed by atoms with Gasteiger partial charge in [-0.1, -0.05) is 36.4 Å². The molecule has 1 saturated heterocycles. The Morgan fingerprint density at radius 1 is 0.657 bits per heavy atom. The molecule has 30 heteroatoms. The van der Waals surface area contributed by atoms with E-state index in [1.807, 2.05) is 37.2 Å². The zero-order chi connectivity index (χ0) is 73.0. The minimum atomic E-state index is -2.00. The minimum absolute atomic E-state index is 0.0700. The molecule has 0 radical (unpaired) electrons. The number of aromatic amines is 3. The quantitative estimate of drug-likeness (QED) is 0.0587. The summed E-state index contributed by atoms with van der Waals surface area (Å²) in [5.74, 6) is -7.43. The Labute approximate surface area is 597 Å². The molecule has 2 aliphatic heterocycles. The molecular formula is C72H88F2N14O12S2. The van der Waals surface area contributed by atoms with Crippen LogP contribution in [0.5, 0.6) is 5.75 Å². The molecule has 0 aliphatic carbocycles. The van der Waals surface area contributed by atoms with Crippen LogP contribution in [0.25, 0.3) is 21.8 Å². The van der Waals surface area contributed by atoms with Crippen molar-refractivity contribution in [3.05, 3.63) is 155 Å². The van der Waals surface area contributed by atoms with Crippen LogP contribution in [0.2, 0.25) is 0 Å². The zero-order valence-corrected chi connectivity index (χ0v) is 59.1. The first-order valence-corrected chi connectivity index (χ1v) is 36.2. The second-order valence-electron chi connectivity index (χ2n) is 26.1. The number of unbranched alkanes of at least 4 members (excludes halogenated alkanes) is 1. The maximum atomic E-state index is 15.2. The van der Waals surface area contributed by atoms with Crippen LogP contribution in [0.3, 0.4) is 0 Å². The van der Waals surface area contributed by atoms with Gasteiger partial charge in [0, 0.05) is 114 Å². The van der Waals surface area contributed by atoms with Gasteiger partial charge in [-0.05, 0) is 143 Å². The van der Waals surface area contributed by atoms with Gasteiger partial charge in [-0.3, -0.25) is 47.9 Å². The molecule has 544 valence electrons. The van der Waals surface area contributed by atoms with E-state index >= 15 is 23.6 Å². The highest BCUT2D eigenvalue weighted by Gasteiger charge is 2.48. The number of methoxy groups -OCH3 is 1. The van der Waals surface area contributed by atoms with Crippen LogP contribution in [-0.4, -0.2) is 194 Å². The summed E-state index contributed by atoms with van der Waals surface area (Å²) in [5, 5.41) is 32.9. The molecule has 0 spiro atoms. The number of halogens is 2. The molecule has 9 rings (SSSR count). The van der Waals surface area contributed by atoms with E-state index in [1.54, 1.807) is 43.0 Å². The topological polar surface area (TPSA) is 363 Å². The van der Waals surface area contributed by atoms with Crippen molar-refractivity contribution >= 4 is 104 Å². The van der Waals surface area contributed by atoms with Gasteiger partial charge >= 0.3 is 5.97 Å². The van der Waals surface area contributed by atoms with Crippen molar-refractivity contribution < 1.29 is 66.6 Å². The van der Waals surface area contributed by atoms with E-state index in [-0.39, 0.29) is 56.1 Å². The number of hydrogen-bond acceptors (Lipinski definition) is 15. The Bertz CT molecular complexity index is 4120. The largest absolute Gasteiger partial charge is 0.497 e. The molecule has 2 bridgehead atoms.